The normalized spacial score (nSPS) is 11.5. The summed E-state index contributed by atoms with van der Waals surface area (Å²) in [6.45, 7) is 2.11. The van der Waals surface area contributed by atoms with Gasteiger partial charge in [-0.3, -0.25) is 9.48 Å². The summed E-state index contributed by atoms with van der Waals surface area (Å²) in [5, 5.41) is 7.94. The van der Waals surface area contributed by atoms with Crippen LogP contribution in [0, 0.1) is 0 Å². The van der Waals surface area contributed by atoms with Crippen molar-refractivity contribution in [3.8, 4) is 22.8 Å². The Morgan fingerprint density at radius 2 is 1.97 bits per heavy atom. The van der Waals surface area contributed by atoms with Gasteiger partial charge in [0.1, 0.15) is 0 Å². The second-order valence-electron chi connectivity index (χ2n) is 7.32. The predicted octanol–water partition coefficient (Wildman–Crippen LogP) is 2.78. The van der Waals surface area contributed by atoms with Crippen LogP contribution in [0.1, 0.15) is 28.4 Å². The molecule has 0 spiro atoms. The highest BCUT2D eigenvalue weighted by Gasteiger charge is 2.29. The van der Waals surface area contributed by atoms with E-state index in [2.05, 4.69) is 10.4 Å². The van der Waals surface area contributed by atoms with Crippen molar-refractivity contribution in [2.24, 2.45) is 12.8 Å². The van der Waals surface area contributed by atoms with Crippen LogP contribution in [0.15, 0.2) is 36.4 Å². The number of esters is 1. The molecule has 0 unspecified atom stereocenters. The van der Waals surface area contributed by atoms with Crippen molar-refractivity contribution in [2.75, 3.05) is 25.6 Å². The third-order valence-corrected chi connectivity index (χ3v) is 5.15. The highest BCUT2D eigenvalue weighted by molar-refractivity contribution is 5.91. The first-order chi connectivity index (χ1) is 15.4. The number of hydrogen-bond acceptors (Lipinski definition) is 7. The molecular formula is C23H24N4O5. The maximum atomic E-state index is 11.8. The first-order valence-electron chi connectivity index (χ1n) is 10.1. The Labute approximate surface area is 185 Å². The maximum Gasteiger partial charge on any atom is 0.337 e. The molecule has 0 bridgehead atoms. The summed E-state index contributed by atoms with van der Waals surface area (Å²) >= 11 is 0. The zero-order valence-electron chi connectivity index (χ0n) is 18.1. The number of ether oxygens (including phenoxy) is 3. The highest BCUT2D eigenvalue weighted by atomic mass is 16.5. The molecule has 1 aliphatic rings. The second-order valence-corrected chi connectivity index (χ2v) is 7.32. The van der Waals surface area contributed by atoms with Gasteiger partial charge in [-0.05, 0) is 42.8 Å². The third kappa shape index (κ3) is 3.96. The van der Waals surface area contributed by atoms with Gasteiger partial charge < -0.3 is 25.3 Å². The van der Waals surface area contributed by atoms with Gasteiger partial charge >= 0.3 is 5.97 Å². The van der Waals surface area contributed by atoms with Crippen LogP contribution < -0.4 is 20.5 Å². The summed E-state index contributed by atoms with van der Waals surface area (Å²) in [5.41, 5.74) is 10.4. The molecule has 166 valence electrons. The topological polar surface area (TPSA) is 118 Å². The van der Waals surface area contributed by atoms with E-state index in [1.165, 1.54) is 7.11 Å². The lowest BCUT2D eigenvalue weighted by Crippen LogP contribution is -2.20. The number of nitrogens with zero attached hydrogens (tertiary/aromatic N) is 2. The van der Waals surface area contributed by atoms with E-state index in [1.54, 1.807) is 22.9 Å². The third-order valence-electron chi connectivity index (χ3n) is 5.15. The number of anilines is 2. The Kier molecular flexibility index (Phi) is 5.72. The van der Waals surface area contributed by atoms with Gasteiger partial charge in [0.15, 0.2) is 23.9 Å². The van der Waals surface area contributed by atoms with E-state index in [1.807, 2.05) is 32.2 Å². The van der Waals surface area contributed by atoms with Gasteiger partial charge in [0.2, 0.25) is 0 Å². The smallest absolute Gasteiger partial charge is 0.337 e. The summed E-state index contributed by atoms with van der Waals surface area (Å²) in [6, 6.07) is 10.8. The number of primary amides is 1. The lowest BCUT2D eigenvalue weighted by atomic mass is 10.1. The van der Waals surface area contributed by atoms with E-state index in [-0.39, 0.29) is 6.61 Å². The van der Waals surface area contributed by atoms with Crippen molar-refractivity contribution < 1.29 is 23.8 Å². The van der Waals surface area contributed by atoms with Crippen molar-refractivity contribution in [2.45, 2.75) is 13.3 Å². The number of aromatic nitrogens is 2. The van der Waals surface area contributed by atoms with Crippen LogP contribution in [0.3, 0.4) is 0 Å². The number of carbonyl (C=O) groups excluding carboxylic acids is 2. The average Bonchev–Trinajstić information content (AvgIpc) is 3.29. The summed E-state index contributed by atoms with van der Waals surface area (Å²) < 4.78 is 17.9. The van der Waals surface area contributed by atoms with Crippen molar-refractivity contribution in [3.63, 3.8) is 0 Å². The molecular weight excluding hydrogens is 412 g/mol. The molecule has 0 saturated carbocycles. The molecule has 3 N–H and O–H groups in total. The van der Waals surface area contributed by atoms with E-state index in [0.717, 1.165) is 28.1 Å². The zero-order chi connectivity index (χ0) is 22.8. The van der Waals surface area contributed by atoms with Crippen molar-refractivity contribution >= 4 is 23.4 Å². The first kappa shape index (κ1) is 21.2. The Bertz CT molecular complexity index is 1200. The van der Waals surface area contributed by atoms with Crippen molar-refractivity contribution in [1.29, 1.82) is 0 Å². The number of rotatable bonds is 8. The maximum absolute atomic E-state index is 11.8. The molecule has 4 rings (SSSR count). The van der Waals surface area contributed by atoms with Crippen LogP contribution in [0.25, 0.3) is 11.3 Å². The molecule has 9 heteroatoms. The Balaban J connectivity index is 1.68. The van der Waals surface area contributed by atoms with Crippen LogP contribution in [-0.2, 0) is 23.0 Å². The van der Waals surface area contributed by atoms with E-state index < -0.39 is 11.9 Å². The fraction of sp³-hybridized carbons (Fsp3) is 0.261. The number of nitrogens with one attached hydrogen (secondary N) is 1. The molecule has 3 aromatic rings. The molecule has 0 radical (unpaired) electrons. The fourth-order valence-corrected chi connectivity index (χ4v) is 3.84. The SMILES string of the molecule is CCOc1cc2c(cc1OCC(N)=O)-c1c(c(Nc3cccc(C(=O)OC)c3)nn1C)C2. The lowest BCUT2D eigenvalue weighted by molar-refractivity contribution is -0.119. The van der Waals surface area contributed by atoms with Crippen LogP contribution in [0.2, 0.25) is 0 Å². The van der Waals surface area contributed by atoms with Crippen LogP contribution >= 0.6 is 0 Å². The molecule has 0 atom stereocenters. The van der Waals surface area contributed by atoms with Crippen molar-refractivity contribution in [1.82, 2.24) is 9.78 Å². The number of benzene rings is 2. The molecule has 9 nitrogen and oxygen atoms in total. The van der Waals surface area contributed by atoms with Gasteiger partial charge in [-0.25, -0.2) is 4.79 Å². The van der Waals surface area contributed by atoms with Crippen molar-refractivity contribution in [3.05, 3.63) is 53.1 Å². The number of nitrogens with two attached hydrogens (primary N) is 1. The summed E-state index contributed by atoms with van der Waals surface area (Å²) in [6.07, 6.45) is 0.647. The molecule has 2 aromatic carbocycles. The molecule has 1 amide bonds. The number of methoxy groups -OCH3 is 1. The molecule has 0 aliphatic heterocycles. The monoisotopic (exact) mass is 436 g/mol. The molecule has 0 saturated heterocycles. The fourth-order valence-electron chi connectivity index (χ4n) is 3.84. The summed E-state index contributed by atoms with van der Waals surface area (Å²) in [7, 11) is 3.22. The number of aryl methyl sites for hydroxylation is 1. The average molecular weight is 436 g/mol. The number of fused-ring (bicyclic) bond motifs is 3. The van der Waals surface area contributed by atoms with Gasteiger partial charge in [0, 0.05) is 30.3 Å². The van der Waals surface area contributed by atoms with Gasteiger partial charge in [-0.1, -0.05) is 6.07 Å². The number of carbonyl (C=O) groups is 2. The van der Waals surface area contributed by atoms with E-state index in [4.69, 9.17) is 19.9 Å². The van der Waals surface area contributed by atoms with E-state index in [0.29, 0.717) is 35.9 Å². The molecule has 1 aliphatic carbocycles. The Morgan fingerprint density at radius 1 is 1.19 bits per heavy atom. The van der Waals surface area contributed by atoms with Crippen LogP contribution in [0.4, 0.5) is 11.5 Å². The minimum atomic E-state index is -0.560. The summed E-state index contributed by atoms with van der Waals surface area (Å²) in [5.74, 6) is 0.750. The molecule has 1 aromatic heterocycles. The van der Waals surface area contributed by atoms with Gasteiger partial charge in [0.25, 0.3) is 5.91 Å². The Hall–Kier alpha value is -4.01. The van der Waals surface area contributed by atoms with Gasteiger partial charge in [0.05, 0.1) is 25.0 Å². The second kappa shape index (κ2) is 8.62. The minimum absolute atomic E-state index is 0.236. The molecule has 0 fully saturated rings. The minimum Gasteiger partial charge on any atom is -0.490 e. The highest BCUT2D eigenvalue weighted by Crippen LogP contribution is 2.45. The molecule has 1 heterocycles. The lowest BCUT2D eigenvalue weighted by Gasteiger charge is -2.14. The predicted molar refractivity (Wildman–Crippen MR) is 118 cm³/mol. The van der Waals surface area contributed by atoms with E-state index >= 15 is 0 Å². The van der Waals surface area contributed by atoms with Crippen LogP contribution in [0.5, 0.6) is 11.5 Å². The quantitative estimate of drug-likeness (QED) is 0.408. The largest absolute Gasteiger partial charge is 0.490 e. The number of amides is 1. The van der Waals surface area contributed by atoms with Gasteiger partial charge in [-0.2, -0.15) is 5.10 Å². The standard InChI is InChI=1S/C23H24N4O5/c1-4-31-18-10-14-9-17-21(16(14)11-19(18)32-12-20(24)28)27(2)26-22(17)25-15-7-5-6-13(8-15)23(29)30-3/h5-8,10-11H,4,9,12H2,1-3H3,(H2,24,28)(H,25,26). The van der Waals surface area contributed by atoms with E-state index in [9.17, 15) is 9.59 Å². The number of hydrogen-bond donors (Lipinski definition) is 2. The summed E-state index contributed by atoms with van der Waals surface area (Å²) in [4.78, 5) is 23.0. The van der Waals surface area contributed by atoms with Gasteiger partial charge in [-0.15, -0.1) is 0 Å². The Morgan fingerprint density at radius 3 is 2.69 bits per heavy atom. The van der Waals surface area contributed by atoms with Crippen LogP contribution in [-0.4, -0.2) is 42.0 Å². The first-order valence-corrected chi connectivity index (χ1v) is 10.1. The molecule has 32 heavy (non-hydrogen) atoms. The zero-order valence-corrected chi connectivity index (χ0v) is 18.1.